The Morgan fingerprint density at radius 2 is 1.90 bits per heavy atom. The average molecular weight is 290 g/mol. The van der Waals surface area contributed by atoms with Gasteiger partial charge in [-0.2, -0.15) is 0 Å². The summed E-state index contributed by atoms with van der Waals surface area (Å²) in [6, 6.07) is 4.06. The number of rotatable bonds is 4. The molecule has 0 bridgehead atoms. The van der Waals surface area contributed by atoms with Gasteiger partial charge in [-0.15, -0.1) is 11.3 Å². The van der Waals surface area contributed by atoms with Gasteiger partial charge in [-0.3, -0.25) is 0 Å². The van der Waals surface area contributed by atoms with Crippen molar-refractivity contribution in [1.29, 1.82) is 0 Å². The van der Waals surface area contributed by atoms with E-state index in [-0.39, 0.29) is 5.41 Å². The molecule has 4 nitrogen and oxygen atoms in total. The van der Waals surface area contributed by atoms with Crippen molar-refractivity contribution in [3.05, 3.63) is 34.4 Å². The van der Waals surface area contributed by atoms with Crippen molar-refractivity contribution in [2.45, 2.75) is 32.7 Å². The van der Waals surface area contributed by atoms with Crippen LogP contribution in [0.5, 0.6) is 0 Å². The molecule has 0 unspecified atom stereocenters. The standard InChI is InChI=1S/C15H22N4S/c1-15(2,3)14-18-10-12(20-14)9-16-11-6-7-13(17-8-11)19(4)5/h6-8,10,16H,9H2,1-5H3. The monoisotopic (exact) mass is 290 g/mol. The average Bonchev–Trinajstić information content (AvgIpc) is 2.85. The molecule has 108 valence electrons. The molecule has 0 aliphatic rings. The Morgan fingerprint density at radius 1 is 1.15 bits per heavy atom. The minimum absolute atomic E-state index is 0.123. The molecule has 5 heteroatoms. The van der Waals surface area contributed by atoms with Gasteiger partial charge in [0, 0.05) is 30.6 Å². The molecule has 0 aliphatic heterocycles. The van der Waals surface area contributed by atoms with Crippen LogP contribution in [-0.4, -0.2) is 24.1 Å². The third-order valence-electron chi connectivity index (χ3n) is 2.87. The summed E-state index contributed by atoms with van der Waals surface area (Å²) in [5.74, 6) is 0.961. The van der Waals surface area contributed by atoms with Gasteiger partial charge in [0.1, 0.15) is 5.82 Å². The molecule has 1 N–H and O–H groups in total. The van der Waals surface area contributed by atoms with E-state index in [0.29, 0.717) is 0 Å². The van der Waals surface area contributed by atoms with Crippen LogP contribution in [0, 0.1) is 0 Å². The number of thiazole rings is 1. The molecule has 0 atom stereocenters. The van der Waals surface area contributed by atoms with Gasteiger partial charge in [0.2, 0.25) is 0 Å². The summed E-state index contributed by atoms with van der Waals surface area (Å²) in [5, 5.41) is 4.56. The highest BCUT2D eigenvalue weighted by molar-refractivity contribution is 7.11. The molecule has 0 aliphatic carbocycles. The molecular formula is C15H22N4S. The summed E-state index contributed by atoms with van der Waals surface area (Å²) in [4.78, 5) is 12.1. The van der Waals surface area contributed by atoms with Gasteiger partial charge in [-0.25, -0.2) is 9.97 Å². The Bertz CT molecular complexity index is 552. The van der Waals surface area contributed by atoms with Crippen molar-refractivity contribution in [3.8, 4) is 0 Å². The maximum atomic E-state index is 4.49. The second kappa shape index (κ2) is 5.79. The molecule has 2 aromatic rings. The fourth-order valence-electron chi connectivity index (χ4n) is 1.68. The van der Waals surface area contributed by atoms with Gasteiger partial charge in [0.25, 0.3) is 0 Å². The fourth-order valence-corrected chi connectivity index (χ4v) is 2.59. The molecule has 0 radical (unpaired) electrons. The maximum Gasteiger partial charge on any atom is 0.128 e. The van der Waals surface area contributed by atoms with Crippen LogP contribution < -0.4 is 10.2 Å². The quantitative estimate of drug-likeness (QED) is 0.935. The van der Waals surface area contributed by atoms with Crippen molar-refractivity contribution in [3.63, 3.8) is 0 Å². The molecule has 0 aromatic carbocycles. The minimum atomic E-state index is 0.123. The number of nitrogens with one attached hydrogen (secondary N) is 1. The molecule has 2 heterocycles. The highest BCUT2D eigenvalue weighted by Crippen LogP contribution is 2.27. The first kappa shape index (κ1) is 14.8. The number of nitrogens with zero attached hydrogens (tertiary/aromatic N) is 3. The molecule has 0 saturated heterocycles. The summed E-state index contributed by atoms with van der Waals surface area (Å²) in [5.41, 5.74) is 1.15. The van der Waals surface area contributed by atoms with Crippen LogP contribution in [0.3, 0.4) is 0 Å². The Morgan fingerprint density at radius 3 is 2.40 bits per heavy atom. The van der Waals surface area contributed by atoms with Crippen molar-refractivity contribution < 1.29 is 0 Å². The molecular weight excluding hydrogens is 268 g/mol. The normalized spacial score (nSPS) is 11.4. The lowest BCUT2D eigenvalue weighted by Gasteiger charge is -2.13. The Hall–Kier alpha value is -1.62. The van der Waals surface area contributed by atoms with Gasteiger partial charge in [0.15, 0.2) is 0 Å². The van der Waals surface area contributed by atoms with E-state index < -0.39 is 0 Å². The SMILES string of the molecule is CN(C)c1ccc(NCc2cnc(C(C)(C)C)s2)cn1. The van der Waals surface area contributed by atoms with Crippen LogP contribution in [-0.2, 0) is 12.0 Å². The van der Waals surface area contributed by atoms with Gasteiger partial charge >= 0.3 is 0 Å². The largest absolute Gasteiger partial charge is 0.379 e. The van der Waals surface area contributed by atoms with E-state index in [9.17, 15) is 0 Å². The molecule has 0 fully saturated rings. The lowest BCUT2D eigenvalue weighted by Crippen LogP contribution is -2.10. The summed E-state index contributed by atoms with van der Waals surface area (Å²) in [6.45, 7) is 7.35. The van der Waals surface area contributed by atoms with Crippen LogP contribution in [0.15, 0.2) is 24.5 Å². The molecule has 2 rings (SSSR count). The van der Waals surface area contributed by atoms with E-state index in [1.165, 1.54) is 9.88 Å². The summed E-state index contributed by atoms with van der Waals surface area (Å²) in [7, 11) is 3.97. The number of aromatic nitrogens is 2. The van der Waals surface area contributed by atoms with Gasteiger partial charge in [-0.1, -0.05) is 20.8 Å². The van der Waals surface area contributed by atoms with Crippen LogP contribution in [0.2, 0.25) is 0 Å². The summed E-state index contributed by atoms with van der Waals surface area (Å²) >= 11 is 1.76. The van der Waals surface area contributed by atoms with E-state index in [1.807, 2.05) is 43.5 Å². The number of hydrogen-bond acceptors (Lipinski definition) is 5. The Balaban J connectivity index is 1.96. The highest BCUT2D eigenvalue weighted by Gasteiger charge is 2.17. The zero-order chi connectivity index (χ0) is 14.8. The zero-order valence-corrected chi connectivity index (χ0v) is 13.6. The van der Waals surface area contributed by atoms with Crippen LogP contribution in [0.4, 0.5) is 11.5 Å². The third-order valence-corrected chi connectivity index (χ3v) is 4.29. The second-order valence-corrected chi connectivity index (χ2v) is 7.15. The van der Waals surface area contributed by atoms with E-state index in [2.05, 4.69) is 36.1 Å². The molecule has 0 spiro atoms. The van der Waals surface area contributed by atoms with Crippen molar-refractivity contribution in [2.75, 3.05) is 24.3 Å². The lowest BCUT2D eigenvalue weighted by atomic mass is 9.98. The molecule has 0 saturated carbocycles. The fraction of sp³-hybridized carbons (Fsp3) is 0.467. The van der Waals surface area contributed by atoms with Crippen molar-refractivity contribution in [2.24, 2.45) is 0 Å². The van der Waals surface area contributed by atoms with Crippen LogP contribution in [0.25, 0.3) is 0 Å². The van der Waals surface area contributed by atoms with Gasteiger partial charge in [-0.05, 0) is 12.1 Å². The second-order valence-electron chi connectivity index (χ2n) is 6.03. The van der Waals surface area contributed by atoms with Gasteiger partial charge in [0.05, 0.1) is 23.4 Å². The van der Waals surface area contributed by atoms with Gasteiger partial charge < -0.3 is 10.2 Å². The Kier molecular flexibility index (Phi) is 4.28. The summed E-state index contributed by atoms with van der Waals surface area (Å²) < 4.78 is 0. The van der Waals surface area contributed by atoms with E-state index >= 15 is 0 Å². The third kappa shape index (κ3) is 3.70. The predicted molar refractivity (Wildman–Crippen MR) is 86.7 cm³/mol. The van der Waals surface area contributed by atoms with Crippen LogP contribution >= 0.6 is 11.3 Å². The first-order valence-electron chi connectivity index (χ1n) is 6.69. The van der Waals surface area contributed by atoms with E-state index in [4.69, 9.17) is 0 Å². The number of pyridine rings is 1. The van der Waals surface area contributed by atoms with E-state index in [1.54, 1.807) is 11.3 Å². The first-order valence-corrected chi connectivity index (χ1v) is 7.50. The van der Waals surface area contributed by atoms with Crippen molar-refractivity contribution >= 4 is 22.8 Å². The molecule has 0 amide bonds. The van der Waals surface area contributed by atoms with E-state index in [0.717, 1.165) is 18.1 Å². The number of hydrogen-bond donors (Lipinski definition) is 1. The topological polar surface area (TPSA) is 41.0 Å². The molecule has 20 heavy (non-hydrogen) atoms. The predicted octanol–water partition coefficient (Wildman–Crippen LogP) is 3.51. The van der Waals surface area contributed by atoms with Crippen molar-refractivity contribution in [1.82, 2.24) is 9.97 Å². The smallest absolute Gasteiger partial charge is 0.128 e. The number of anilines is 2. The maximum absolute atomic E-state index is 4.49. The highest BCUT2D eigenvalue weighted by atomic mass is 32.1. The Labute approximate surface area is 124 Å². The summed E-state index contributed by atoms with van der Waals surface area (Å²) in [6.07, 6.45) is 3.82. The molecule has 2 aromatic heterocycles. The lowest BCUT2D eigenvalue weighted by molar-refractivity contribution is 0.585. The zero-order valence-electron chi connectivity index (χ0n) is 12.8. The first-order chi connectivity index (χ1) is 9.36. The van der Waals surface area contributed by atoms with Crippen LogP contribution in [0.1, 0.15) is 30.7 Å². The minimum Gasteiger partial charge on any atom is -0.379 e.